The Balaban J connectivity index is 1.65. The minimum absolute atomic E-state index is 0.00449. The van der Waals surface area contributed by atoms with Crippen molar-refractivity contribution in [3.05, 3.63) is 29.3 Å². The molecule has 3 aliphatic rings. The number of halogens is 1. The summed E-state index contributed by atoms with van der Waals surface area (Å²) in [6, 6.07) is 6.34. The number of aliphatic hydroxyl groups excluding tert-OH is 1. The van der Waals surface area contributed by atoms with E-state index in [4.69, 9.17) is 21.4 Å². The Morgan fingerprint density at radius 2 is 2.09 bits per heavy atom. The van der Waals surface area contributed by atoms with Crippen molar-refractivity contribution in [2.75, 3.05) is 25.1 Å². The lowest BCUT2D eigenvalue weighted by Crippen LogP contribution is -2.51. The maximum absolute atomic E-state index is 13.6. The number of unbranched alkanes of at least 4 members (excludes halogenated alkanes) is 2. The summed E-state index contributed by atoms with van der Waals surface area (Å²) in [4.78, 5) is 41.7. The first-order chi connectivity index (χ1) is 15.4. The quantitative estimate of drug-likeness (QED) is 0.416. The van der Waals surface area contributed by atoms with E-state index in [1.165, 1.54) is 0 Å². The van der Waals surface area contributed by atoms with E-state index >= 15 is 0 Å². The van der Waals surface area contributed by atoms with E-state index in [2.05, 4.69) is 5.32 Å². The van der Waals surface area contributed by atoms with Gasteiger partial charge in [0.05, 0.1) is 33.9 Å². The van der Waals surface area contributed by atoms with Crippen molar-refractivity contribution in [1.29, 1.82) is 0 Å². The Labute approximate surface area is 197 Å². The molecule has 2 N–H and O–H groups in total. The number of likely N-dealkylation sites (tertiary alicyclic amines) is 1. The van der Waals surface area contributed by atoms with Crippen LogP contribution in [0.4, 0.5) is 5.69 Å². The molecule has 0 saturated carbocycles. The number of carbonyl (C=O) groups excluding carboxylic acids is 3. The molecule has 5 atom stereocenters. The van der Waals surface area contributed by atoms with Gasteiger partial charge in [0, 0.05) is 18.4 Å². The smallest absolute Gasteiger partial charge is 0.310 e. The van der Waals surface area contributed by atoms with Crippen LogP contribution in [0.3, 0.4) is 0 Å². The average molecular weight is 481 g/mol. The number of aliphatic hydroxyl groups is 1. The van der Waals surface area contributed by atoms with Gasteiger partial charge in [-0.15, -0.1) is 11.8 Å². The summed E-state index contributed by atoms with van der Waals surface area (Å²) >= 11 is 7.88. The molecule has 174 valence electrons. The SMILES string of the molecule is CCOC(=O)[C@@H]1[C@H]2C(=O)N(CCCCCO)C(C(=O)Nc3ccccc3Cl)C23CC[C@H]1S3. The van der Waals surface area contributed by atoms with Gasteiger partial charge in [-0.05, 0) is 51.2 Å². The van der Waals surface area contributed by atoms with Crippen molar-refractivity contribution in [2.24, 2.45) is 11.8 Å². The van der Waals surface area contributed by atoms with Gasteiger partial charge in [0.15, 0.2) is 0 Å². The number of benzene rings is 1. The predicted molar refractivity (Wildman–Crippen MR) is 123 cm³/mol. The van der Waals surface area contributed by atoms with Gasteiger partial charge in [-0.25, -0.2) is 0 Å². The molecule has 3 heterocycles. The van der Waals surface area contributed by atoms with Gasteiger partial charge in [-0.3, -0.25) is 14.4 Å². The van der Waals surface area contributed by atoms with E-state index in [0.29, 0.717) is 36.5 Å². The number of thioether (sulfide) groups is 1. The molecule has 2 amide bonds. The Morgan fingerprint density at radius 1 is 1.31 bits per heavy atom. The maximum atomic E-state index is 13.6. The molecule has 1 aromatic rings. The fraction of sp³-hybridized carbons (Fsp3) is 0.609. The summed E-state index contributed by atoms with van der Waals surface area (Å²) in [6.07, 6.45) is 3.58. The zero-order valence-corrected chi connectivity index (χ0v) is 19.7. The topological polar surface area (TPSA) is 95.9 Å². The van der Waals surface area contributed by atoms with Crippen LogP contribution in [-0.2, 0) is 19.1 Å². The van der Waals surface area contributed by atoms with E-state index in [1.54, 1.807) is 47.9 Å². The van der Waals surface area contributed by atoms with Crippen molar-refractivity contribution in [1.82, 2.24) is 4.90 Å². The third-order valence-corrected chi connectivity index (χ3v) is 9.08. The Kier molecular flexibility index (Phi) is 7.03. The predicted octanol–water partition coefficient (Wildman–Crippen LogP) is 3.10. The molecule has 1 aromatic carbocycles. The second-order valence-electron chi connectivity index (χ2n) is 8.59. The van der Waals surface area contributed by atoms with Crippen LogP contribution in [0, 0.1) is 11.8 Å². The molecule has 3 fully saturated rings. The van der Waals surface area contributed by atoms with E-state index in [-0.39, 0.29) is 36.2 Å². The summed E-state index contributed by atoms with van der Waals surface area (Å²) in [5.41, 5.74) is 0.506. The van der Waals surface area contributed by atoms with Crippen molar-refractivity contribution in [3.63, 3.8) is 0 Å². The number of hydrogen-bond donors (Lipinski definition) is 2. The highest BCUT2D eigenvalue weighted by atomic mass is 35.5. The largest absolute Gasteiger partial charge is 0.466 e. The van der Waals surface area contributed by atoms with Gasteiger partial charge in [-0.2, -0.15) is 0 Å². The molecule has 3 aliphatic heterocycles. The monoisotopic (exact) mass is 480 g/mol. The number of rotatable bonds is 9. The summed E-state index contributed by atoms with van der Waals surface area (Å²) in [5, 5.41) is 12.4. The average Bonchev–Trinajstić information content (AvgIpc) is 3.40. The molecule has 0 aliphatic carbocycles. The molecule has 1 spiro atoms. The molecule has 0 aromatic heterocycles. The number of nitrogens with zero attached hydrogens (tertiary/aromatic N) is 1. The lowest BCUT2D eigenvalue weighted by molar-refractivity contribution is -0.153. The normalized spacial score (nSPS) is 30.5. The van der Waals surface area contributed by atoms with Gasteiger partial charge < -0.3 is 20.1 Å². The first-order valence-electron chi connectivity index (χ1n) is 11.3. The maximum Gasteiger partial charge on any atom is 0.310 e. The second kappa shape index (κ2) is 9.61. The van der Waals surface area contributed by atoms with Crippen LogP contribution in [0.5, 0.6) is 0 Å². The fourth-order valence-electron chi connectivity index (χ4n) is 5.53. The fourth-order valence-corrected chi connectivity index (χ4v) is 7.92. The minimum atomic E-state index is -0.681. The van der Waals surface area contributed by atoms with E-state index in [0.717, 1.165) is 12.8 Å². The van der Waals surface area contributed by atoms with Gasteiger partial charge in [0.2, 0.25) is 11.8 Å². The standard InChI is InChI=1S/C23H29ClN2O5S/c1-2-31-22(30)17-16-10-11-23(32-16)18(17)21(29)26(12-6-3-7-13-27)19(23)20(28)25-15-9-5-4-8-14(15)24/h4-5,8-9,16-19,27H,2-3,6-7,10-13H2,1H3,(H,25,28)/t16-,17+,18+,19?,23?/m1/s1. The van der Waals surface area contributed by atoms with Crippen molar-refractivity contribution in [3.8, 4) is 0 Å². The number of hydrogen-bond acceptors (Lipinski definition) is 6. The molecule has 2 bridgehead atoms. The van der Waals surface area contributed by atoms with Crippen LogP contribution in [-0.4, -0.2) is 63.6 Å². The highest BCUT2D eigenvalue weighted by Crippen LogP contribution is 2.66. The summed E-state index contributed by atoms with van der Waals surface area (Å²) in [5.74, 6) is -1.81. The van der Waals surface area contributed by atoms with Crippen molar-refractivity contribution in [2.45, 2.75) is 55.1 Å². The lowest BCUT2D eigenvalue weighted by atomic mass is 9.71. The molecule has 0 radical (unpaired) electrons. The molecule has 9 heteroatoms. The van der Waals surface area contributed by atoms with Crippen LogP contribution in [0.25, 0.3) is 0 Å². The summed E-state index contributed by atoms with van der Waals surface area (Å²) in [7, 11) is 0. The molecule has 32 heavy (non-hydrogen) atoms. The Hall–Kier alpha value is -1.77. The van der Waals surface area contributed by atoms with Gasteiger partial charge in [0.25, 0.3) is 0 Å². The number of nitrogens with one attached hydrogen (secondary N) is 1. The summed E-state index contributed by atoms with van der Waals surface area (Å²) in [6.45, 7) is 2.54. The molecular formula is C23H29ClN2O5S. The number of amides is 2. The lowest BCUT2D eigenvalue weighted by Gasteiger charge is -2.34. The van der Waals surface area contributed by atoms with Crippen LogP contribution >= 0.6 is 23.4 Å². The van der Waals surface area contributed by atoms with E-state index < -0.39 is 22.6 Å². The van der Waals surface area contributed by atoms with Crippen LogP contribution < -0.4 is 5.32 Å². The summed E-state index contributed by atoms with van der Waals surface area (Å²) < 4.78 is 4.68. The van der Waals surface area contributed by atoms with Crippen LogP contribution in [0.15, 0.2) is 24.3 Å². The van der Waals surface area contributed by atoms with Crippen LogP contribution in [0.2, 0.25) is 5.02 Å². The molecule has 3 saturated heterocycles. The molecule has 4 rings (SSSR count). The Morgan fingerprint density at radius 3 is 2.81 bits per heavy atom. The zero-order valence-electron chi connectivity index (χ0n) is 18.1. The molecule has 7 nitrogen and oxygen atoms in total. The van der Waals surface area contributed by atoms with Gasteiger partial charge in [-0.1, -0.05) is 23.7 Å². The van der Waals surface area contributed by atoms with Crippen molar-refractivity contribution >= 4 is 46.8 Å². The minimum Gasteiger partial charge on any atom is -0.466 e. The highest BCUT2D eigenvalue weighted by Gasteiger charge is 2.73. The van der Waals surface area contributed by atoms with E-state index in [1.807, 2.05) is 0 Å². The Bertz CT molecular complexity index is 899. The number of carbonyl (C=O) groups is 3. The molecular weight excluding hydrogens is 452 g/mol. The second-order valence-corrected chi connectivity index (χ2v) is 10.6. The number of fused-ring (bicyclic) bond motifs is 1. The zero-order chi connectivity index (χ0) is 22.9. The van der Waals surface area contributed by atoms with Crippen molar-refractivity contribution < 1.29 is 24.2 Å². The third kappa shape index (κ3) is 3.90. The number of anilines is 1. The molecule has 2 unspecified atom stereocenters. The highest BCUT2D eigenvalue weighted by molar-refractivity contribution is 8.02. The first-order valence-corrected chi connectivity index (χ1v) is 12.5. The van der Waals surface area contributed by atoms with Gasteiger partial charge >= 0.3 is 5.97 Å². The van der Waals surface area contributed by atoms with E-state index in [9.17, 15) is 14.4 Å². The number of para-hydroxylation sites is 1. The van der Waals surface area contributed by atoms with Gasteiger partial charge in [0.1, 0.15) is 6.04 Å². The number of esters is 1. The van der Waals surface area contributed by atoms with Crippen LogP contribution in [0.1, 0.15) is 39.0 Å². The first kappa shape index (κ1) is 23.4. The number of ether oxygens (including phenoxy) is 1. The third-order valence-electron chi connectivity index (χ3n) is 6.80.